The monoisotopic (exact) mass is 284 g/mol. The smallest absolute Gasteiger partial charge is 0.306 e. The Morgan fingerprint density at radius 1 is 1.29 bits per heavy atom. The highest BCUT2D eigenvalue weighted by Gasteiger charge is 2.37. The molecule has 0 bridgehead atoms. The highest BCUT2D eigenvalue weighted by atomic mass is 16.4. The molecule has 5 nitrogen and oxygen atoms in total. The van der Waals surface area contributed by atoms with Crippen LogP contribution in [0.15, 0.2) is 36.5 Å². The first-order chi connectivity index (χ1) is 10.1. The van der Waals surface area contributed by atoms with Crippen molar-refractivity contribution in [2.24, 2.45) is 11.8 Å². The molecule has 2 aromatic rings. The Labute approximate surface area is 122 Å². The van der Waals surface area contributed by atoms with Gasteiger partial charge in [-0.15, -0.1) is 0 Å². The number of benzene rings is 1. The number of nitrogens with zero attached hydrogens (tertiary/aromatic N) is 2. The highest BCUT2D eigenvalue weighted by Crippen LogP contribution is 2.27. The van der Waals surface area contributed by atoms with E-state index in [1.54, 1.807) is 24.1 Å². The van der Waals surface area contributed by atoms with Crippen LogP contribution in [-0.4, -0.2) is 40.0 Å². The molecule has 0 radical (unpaired) electrons. The van der Waals surface area contributed by atoms with Crippen molar-refractivity contribution in [3.8, 4) is 0 Å². The zero-order chi connectivity index (χ0) is 15.0. The number of carboxylic acid groups (broad SMARTS) is 1. The number of pyridine rings is 1. The number of hydrogen-bond acceptors (Lipinski definition) is 3. The third-order valence-corrected chi connectivity index (χ3v) is 4.17. The minimum Gasteiger partial charge on any atom is -0.481 e. The van der Waals surface area contributed by atoms with Crippen LogP contribution in [0.3, 0.4) is 0 Å². The van der Waals surface area contributed by atoms with E-state index in [-0.39, 0.29) is 11.8 Å². The molecule has 108 valence electrons. The van der Waals surface area contributed by atoms with Crippen LogP contribution in [0.25, 0.3) is 10.9 Å². The summed E-state index contributed by atoms with van der Waals surface area (Å²) in [5.74, 6) is -1.23. The van der Waals surface area contributed by atoms with Crippen molar-refractivity contribution in [2.75, 3.05) is 13.1 Å². The Morgan fingerprint density at radius 2 is 2.00 bits per heavy atom. The SMILES string of the molecule is CC(C(=O)O)C1CN(C(=O)c2ccnc3ccccc23)C1. The van der Waals surface area contributed by atoms with E-state index in [1.807, 2.05) is 24.3 Å². The molecule has 1 aliphatic heterocycles. The molecule has 1 aromatic heterocycles. The third-order valence-electron chi connectivity index (χ3n) is 4.17. The van der Waals surface area contributed by atoms with Gasteiger partial charge in [0.25, 0.3) is 5.91 Å². The number of fused-ring (bicyclic) bond motifs is 1. The topological polar surface area (TPSA) is 70.5 Å². The Hall–Kier alpha value is -2.43. The molecule has 21 heavy (non-hydrogen) atoms. The number of carbonyl (C=O) groups is 2. The first kappa shape index (κ1) is 13.5. The molecule has 1 N–H and O–H groups in total. The molecule has 2 heterocycles. The molecule has 1 saturated heterocycles. The second-order valence-corrected chi connectivity index (χ2v) is 5.47. The Morgan fingerprint density at radius 3 is 2.71 bits per heavy atom. The van der Waals surface area contributed by atoms with Crippen LogP contribution in [0.4, 0.5) is 0 Å². The van der Waals surface area contributed by atoms with Crippen LogP contribution >= 0.6 is 0 Å². The number of aliphatic carboxylic acids is 1. The fraction of sp³-hybridized carbons (Fsp3) is 0.312. The van der Waals surface area contributed by atoms with Gasteiger partial charge in [0.2, 0.25) is 0 Å². The molecular formula is C16H16N2O3. The molecule has 0 spiro atoms. The molecule has 1 unspecified atom stereocenters. The summed E-state index contributed by atoms with van der Waals surface area (Å²) in [4.78, 5) is 29.4. The largest absolute Gasteiger partial charge is 0.481 e. The average Bonchev–Trinajstić information content (AvgIpc) is 2.44. The van der Waals surface area contributed by atoms with Crippen molar-refractivity contribution in [1.82, 2.24) is 9.88 Å². The van der Waals surface area contributed by atoms with E-state index in [0.29, 0.717) is 18.7 Å². The van der Waals surface area contributed by atoms with E-state index < -0.39 is 11.9 Å². The van der Waals surface area contributed by atoms with Gasteiger partial charge >= 0.3 is 5.97 Å². The van der Waals surface area contributed by atoms with E-state index in [0.717, 1.165) is 10.9 Å². The molecule has 1 aromatic carbocycles. The van der Waals surface area contributed by atoms with Gasteiger partial charge in [-0.3, -0.25) is 14.6 Å². The molecule has 1 fully saturated rings. The van der Waals surface area contributed by atoms with Gasteiger partial charge < -0.3 is 10.0 Å². The van der Waals surface area contributed by atoms with E-state index in [4.69, 9.17) is 5.11 Å². The summed E-state index contributed by atoms with van der Waals surface area (Å²) in [6.07, 6.45) is 1.63. The lowest BCUT2D eigenvalue weighted by molar-refractivity contribution is -0.144. The summed E-state index contributed by atoms with van der Waals surface area (Å²) < 4.78 is 0. The third kappa shape index (κ3) is 2.35. The predicted octanol–water partition coefficient (Wildman–Crippen LogP) is 2.03. The standard InChI is InChI=1S/C16H16N2O3/c1-10(16(20)21)11-8-18(9-11)15(19)13-6-7-17-14-5-3-2-4-12(13)14/h2-7,10-11H,8-9H2,1H3,(H,20,21). The number of carboxylic acids is 1. The van der Waals surface area contributed by atoms with Gasteiger partial charge in [-0.2, -0.15) is 0 Å². The summed E-state index contributed by atoms with van der Waals surface area (Å²) >= 11 is 0. The van der Waals surface area contributed by atoms with E-state index in [2.05, 4.69) is 4.98 Å². The summed E-state index contributed by atoms with van der Waals surface area (Å²) in [5, 5.41) is 9.82. The van der Waals surface area contributed by atoms with Gasteiger partial charge in [0.05, 0.1) is 17.0 Å². The summed E-state index contributed by atoms with van der Waals surface area (Å²) in [7, 11) is 0. The van der Waals surface area contributed by atoms with Crippen molar-refractivity contribution < 1.29 is 14.7 Å². The van der Waals surface area contributed by atoms with Gasteiger partial charge in [-0.05, 0) is 12.1 Å². The van der Waals surface area contributed by atoms with Gasteiger partial charge in [0.15, 0.2) is 0 Å². The number of aromatic nitrogens is 1. The fourth-order valence-electron chi connectivity index (χ4n) is 2.65. The molecule has 0 saturated carbocycles. The van der Waals surface area contributed by atoms with Gasteiger partial charge in [0, 0.05) is 30.6 Å². The number of para-hydroxylation sites is 1. The van der Waals surface area contributed by atoms with E-state index in [1.165, 1.54) is 0 Å². The molecule has 0 aliphatic carbocycles. The summed E-state index contributed by atoms with van der Waals surface area (Å²) in [5.41, 5.74) is 1.42. The van der Waals surface area contributed by atoms with Crippen LogP contribution in [-0.2, 0) is 4.79 Å². The average molecular weight is 284 g/mol. The maximum absolute atomic E-state index is 12.5. The maximum atomic E-state index is 12.5. The van der Waals surface area contributed by atoms with Crippen molar-refractivity contribution in [1.29, 1.82) is 0 Å². The first-order valence-electron chi connectivity index (χ1n) is 6.93. The minimum absolute atomic E-state index is 0.0413. The lowest BCUT2D eigenvalue weighted by Gasteiger charge is -2.41. The number of hydrogen-bond donors (Lipinski definition) is 1. The maximum Gasteiger partial charge on any atom is 0.306 e. The van der Waals surface area contributed by atoms with Gasteiger partial charge in [-0.25, -0.2) is 0 Å². The van der Waals surface area contributed by atoms with Gasteiger partial charge in [-0.1, -0.05) is 25.1 Å². The Balaban J connectivity index is 1.79. The lowest BCUT2D eigenvalue weighted by atomic mass is 9.86. The Kier molecular flexibility index (Phi) is 3.33. The quantitative estimate of drug-likeness (QED) is 0.936. The highest BCUT2D eigenvalue weighted by molar-refractivity contribution is 6.06. The van der Waals surface area contributed by atoms with Crippen molar-refractivity contribution in [3.63, 3.8) is 0 Å². The molecular weight excluding hydrogens is 268 g/mol. The van der Waals surface area contributed by atoms with Crippen LogP contribution < -0.4 is 0 Å². The van der Waals surface area contributed by atoms with Gasteiger partial charge in [0.1, 0.15) is 0 Å². The minimum atomic E-state index is -0.804. The van der Waals surface area contributed by atoms with Crippen LogP contribution in [0.2, 0.25) is 0 Å². The molecule has 3 rings (SSSR count). The van der Waals surface area contributed by atoms with Crippen LogP contribution in [0, 0.1) is 11.8 Å². The number of likely N-dealkylation sites (tertiary alicyclic amines) is 1. The van der Waals surface area contributed by atoms with Crippen LogP contribution in [0.1, 0.15) is 17.3 Å². The molecule has 1 aliphatic rings. The predicted molar refractivity (Wildman–Crippen MR) is 77.9 cm³/mol. The van der Waals surface area contributed by atoms with E-state index in [9.17, 15) is 9.59 Å². The zero-order valence-electron chi connectivity index (χ0n) is 11.7. The molecule has 1 amide bonds. The number of amides is 1. The Bertz CT molecular complexity index is 702. The number of carbonyl (C=O) groups excluding carboxylic acids is 1. The normalized spacial score (nSPS) is 16.5. The second-order valence-electron chi connectivity index (χ2n) is 5.47. The first-order valence-corrected chi connectivity index (χ1v) is 6.93. The summed E-state index contributed by atoms with van der Waals surface area (Å²) in [6, 6.07) is 9.24. The zero-order valence-corrected chi connectivity index (χ0v) is 11.7. The molecule has 1 atom stereocenters. The lowest BCUT2D eigenvalue weighted by Crippen LogP contribution is -2.53. The van der Waals surface area contributed by atoms with Crippen molar-refractivity contribution in [3.05, 3.63) is 42.1 Å². The fourth-order valence-corrected chi connectivity index (χ4v) is 2.65. The van der Waals surface area contributed by atoms with E-state index >= 15 is 0 Å². The number of rotatable bonds is 3. The summed E-state index contributed by atoms with van der Waals surface area (Å²) in [6.45, 7) is 2.70. The molecule has 5 heteroatoms. The van der Waals surface area contributed by atoms with Crippen molar-refractivity contribution >= 4 is 22.8 Å². The van der Waals surface area contributed by atoms with Crippen molar-refractivity contribution in [2.45, 2.75) is 6.92 Å². The second kappa shape index (κ2) is 5.16. The van der Waals surface area contributed by atoms with Crippen LogP contribution in [0.5, 0.6) is 0 Å².